The van der Waals surface area contributed by atoms with Crippen LogP contribution in [0.4, 0.5) is 4.79 Å². The normalized spacial score (nSPS) is 22.0. The minimum Gasteiger partial charge on any atom is -0.497 e. The van der Waals surface area contributed by atoms with Crippen molar-refractivity contribution in [3.63, 3.8) is 0 Å². The van der Waals surface area contributed by atoms with E-state index >= 15 is 0 Å². The van der Waals surface area contributed by atoms with Crippen LogP contribution in [0, 0.1) is 0 Å². The first-order valence-electron chi connectivity index (χ1n) is 11.9. The van der Waals surface area contributed by atoms with Gasteiger partial charge in [-0.1, -0.05) is 30.3 Å². The van der Waals surface area contributed by atoms with E-state index in [1.54, 1.807) is 7.11 Å². The lowest BCUT2D eigenvalue weighted by atomic mass is 9.81. The number of unbranched alkanes of at least 4 members (excludes halogenated alkanes) is 1. The molecule has 2 aliphatic heterocycles. The average molecular weight is 461 g/mol. The number of fused-ring (bicyclic) bond motifs is 4. The zero-order chi connectivity index (χ0) is 24.0. The van der Waals surface area contributed by atoms with Crippen LogP contribution in [-0.2, 0) is 11.2 Å². The summed E-state index contributed by atoms with van der Waals surface area (Å²) in [7, 11) is 5.72. The largest absolute Gasteiger partial charge is 0.497 e. The summed E-state index contributed by atoms with van der Waals surface area (Å²) < 4.78 is 5.48. The van der Waals surface area contributed by atoms with E-state index in [2.05, 4.69) is 9.88 Å². The Kier molecular flexibility index (Phi) is 5.60. The third kappa shape index (κ3) is 3.46. The zero-order valence-corrected chi connectivity index (χ0v) is 20.3. The number of ether oxygens (including phenoxy) is 1. The van der Waals surface area contributed by atoms with Gasteiger partial charge in [-0.3, -0.25) is 14.6 Å². The Bertz CT molecular complexity index is 1240. The quantitative estimate of drug-likeness (QED) is 0.424. The minimum atomic E-state index is -0.940. The standard InChI is InChI=1S/C27H32N4O3/c1-27-17-21-20-16-19(34-4)12-13-22(20)28-23(21)24(18-10-6-5-7-11-18)31(27)26(33)30(25(27)32)15-9-8-14-29(2)3/h5-7,10-13,16,24,28H,8-9,14-15,17H2,1-4H3. The van der Waals surface area contributed by atoms with Crippen molar-refractivity contribution >= 4 is 22.8 Å². The maximum absolute atomic E-state index is 13.8. The number of benzene rings is 2. The maximum atomic E-state index is 13.8. The molecule has 0 saturated carbocycles. The van der Waals surface area contributed by atoms with E-state index in [1.165, 1.54) is 4.90 Å². The summed E-state index contributed by atoms with van der Waals surface area (Å²) in [6.45, 7) is 3.30. The van der Waals surface area contributed by atoms with Crippen molar-refractivity contribution in [2.24, 2.45) is 0 Å². The van der Waals surface area contributed by atoms with Gasteiger partial charge in [-0.05, 0) is 69.7 Å². The van der Waals surface area contributed by atoms with E-state index < -0.39 is 5.54 Å². The third-order valence-corrected chi connectivity index (χ3v) is 7.23. The lowest BCUT2D eigenvalue weighted by molar-refractivity contribution is -0.133. The second kappa shape index (κ2) is 8.47. The molecule has 3 heterocycles. The van der Waals surface area contributed by atoms with Gasteiger partial charge in [0, 0.05) is 29.6 Å². The van der Waals surface area contributed by atoms with Crippen molar-refractivity contribution in [1.82, 2.24) is 19.7 Å². The number of hydrogen-bond donors (Lipinski definition) is 1. The molecule has 34 heavy (non-hydrogen) atoms. The van der Waals surface area contributed by atoms with Gasteiger partial charge in [-0.25, -0.2) is 4.79 Å². The lowest BCUT2D eigenvalue weighted by Gasteiger charge is -2.42. The molecule has 0 aliphatic carbocycles. The van der Waals surface area contributed by atoms with E-state index in [0.717, 1.165) is 52.9 Å². The molecule has 2 aromatic carbocycles. The molecule has 178 valence electrons. The van der Waals surface area contributed by atoms with Crippen LogP contribution in [0.2, 0.25) is 0 Å². The second-order valence-electron chi connectivity index (χ2n) is 9.81. The molecule has 1 fully saturated rings. The fourth-order valence-electron chi connectivity index (χ4n) is 5.50. The second-order valence-corrected chi connectivity index (χ2v) is 9.81. The van der Waals surface area contributed by atoms with Gasteiger partial charge in [0.05, 0.1) is 7.11 Å². The van der Waals surface area contributed by atoms with Crippen molar-refractivity contribution in [2.45, 2.75) is 37.8 Å². The van der Waals surface area contributed by atoms with Gasteiger partial charge in [0.2, 0.25) is 0 Å². The number of urea groups is 1. The monoisotopic (exact) mass is 460 g/mol. The molecule has 3 aromatic rings. The van der Waals surface area contributed by atoms with Crippen LogP contribution in [0.1, 0.15) is 42.6 Å². The van der Waals surface area contributed by atoms with Gasteiger partial charge in [-0.2, -0.15) is 0 Å². The van der Waals surface area contributed by atoms with Crippen LogP contribution < -0.4 is 4.74 Å². The molecular formula is C27H32N4O3. The summed E-state index contributed by atoms with van der Waals surface area (Å²) in [6.07, 6.45) is 2.20. The zero-order valence-electron chi connectivity index (χ0n) is 20.3. The summed E-state index contributed by atoms with van der Waals surface area (Å²) in [4.78, 5) is 36.5. The molecule has 1 saturated heterocycles. The highest BCUT2D eigenvalue weighted by Crippen LogP contribution is 2.49. The number of aromatic amines is 1. The van der Waals surface area contributed by atoms with Crippen molar-refractivity contribution in [2.75, 3.05) is 34.3 Å². The van der Waals surface area contributed by atoms with Crippen molar-refractivity contribution in [3.05, 3.63) is 65.4 Å². The number of rotatable bonds is 7. The number of hydrogen-bond acceptors (Lipinski definition) is 4. The first-order chi connectivity index (χ1) is 16.3. The molecule has 3 amide bonds. The van der Waals surface area contributed by atoms with Crippen LogP contribution in [0.5, 0.6) is 5.75 Å². The van der Waals surface area contributed by atoms with Gasteiger partial charge in [-0.15, -0.1) is 0 Å². The predicted octanol–water partition coefficient (Wildman–Crippen LogP) is 4.19. The highest BCUT2D eigenvalue weighted by molar-refractivity contribution is 6.08. The summed E-state index contributed by atoms with van der Waals surface area (Å²) in [6, 6.07) is 15.4. The van der Waals surface area contributed by atoms with E-state index in [1.807, 2.05) is 74.4 Å². The molecule has 0 bridgehead atoms. The van der Waals surface area contributed by atoms with Crippen LogP contribution in [0.15, 0.2) is 48.5 Å². The number of nitrogens with zero attached hydrogens (tertiary/aromatic N) is 3. The Morgan fingerprint density at radius 2 is 1.88 bits per heavy atom. The molecule has 2 unspecified atom stereocenters. The number of H-pyrrole nitrogens is 1. The molecule has 5 rings (SSSR count). The van der Waals surface area contributed by atoms with Crippen LogP contribution in [0.3, 0.4) is 0 Å². The Morgan fingerprint density at radius 3 is 2.59 bits per heavy atom. The number of nitrogens with one attached hydrogen (secondary N) is 1. The number of methoxy groups -OCH3 is 1. The Balaban J connectivity index is 1.60. The molecule has 7 heteroatoms. The van der Waals surface area contributed by atoms with Gasteiger partial charge in [0.25, 0.3) is 5.91 Å². The number of carbonyl (C=O) groups excluding carboxylic acids is 2. The number of imide groups is 1. The van der Waals surface area contributed by atoms with E-state index in [-0.39, 0.29) is 18.0 Å². The molecule has 7 nitrogen and oxygen atoms in total. The van der Waals surface area contributed by atoms with Gasteiger partial charge in [0.1, 0.15) is 17.3 Å². The number of carbonyl (C=O) groups is 2. The molecular weight excluding hydrogens is 428 g/mol. The highest BCUT2D eigenvalue weighted by Gasteiger charge is 2.59. The van der Waals surface area contributed by atoms with Crippen molar-refractivity contribution < 1.29 is 14.3 Å². The predicted molar refractivity (Wildman–Crippen MR) is 132 cm³/mol. The Morgan fingerprint density at radius 1 is 1.12 bits per heavy atom. The fourth-order valence-corrected chi connectivity index (χ4v) is 5.50. The molecule has 0 radical (unpaired) electrons. The molecule has 1 N–H and O–H groups in total. The summed E-state index contributed by atoms with van der Waals surface area (Å²) >= 11 is 0. The molecule has 2 atom stereocenters. The lowest BCUT2D eigenvalue weighted by Crippen LogP contribution is -2.53. The third-order valence-electron chi connectivity index (χ3n) is 7.23. The van der Waals surface area contributed by atoms with Crippen LogP contribution >= 0.6 is 0 Å². The molecule has 2 aliphatic rings. The van der Waals surface area contributed by atoms with Gasteiger partial charge in [0.15, 0.2) is 0 Å². The topological polar surface area (TPSA) is 68.9 Å². The first kappa shape index (κ1) is 22.5. The summed E-state index contributed by atoms with van der Waals surface area (Å²) in [5.74, 6) is 0.667. The van der Waals surface area contributed by atoms with Crippen molar-refractivity contribution in [3.8, 4) is 5.75 Å². The van der Waals surface area contributed by atoms with E-state index in [0.29, 0.717) is 13.0 Å². The highest BCUT2D eigenvalue weighted by atomic mass is 16.5. The van der Waals surface area contributed by atoms with E-state index in [9.17, 15) is 9.59 Å². The SMILES string of the molecule is COc1ccc2[nH]c3c(c2c1)CC1(C)C(=O)N(CCCCN(C)C)C(=O)N1C3c1ccccc1. The van der Waals surface area contributed by atoms with Gasteiger partial charge >= 0.3 is 6.03 Å². The average Bonchev–Trinajstić information content (AvgIpc) is 3.27. The van der Waals surface area contributed by atoms with Crippen LogP contribution in [-0.4, -0.2) is 71.5 Å². The van der Waals surface area contributed by atoms with E-state index in [4.69, 9.17) is 4.74 Å². The smallest absolute Gasteiger partial charge is 0.328 e. The van der Waals surface area contributed by atoms with Crippen LogP contribution in [0.25, 0.3) is 10.9 Å². The summed E-state index contributed by atoms with van der Waals surface area (Å²) in [5, 5.41) is 1.04. The maximum Gasteiger partial charge on any atom is 0.328 e. The fraction of sp³-hybridized carbons (Fsp3) is 0.407. The number of amides is 3. The minimum absolute atomic E-state index is 0.105. The molecule has 1 aromatic heterocycles. The Hall–Kier alpha value is -3.32. The molecule has 0 spiro atoms. The van der Waals surface area contributed by atoms with Gasteiger partial charge < -0.3 is 14.6 Å². The first-order valence-corrected chi connectivity index (χ1v) is 11.9. The van der Waals surface area contributed by atoms with Crippen molar-refractivity contribution in [1.29, 1.82) is 0 Å². The Labute approximate surface area is 200 Å². The summed E-state index contributed by atoms with van der Waals surface area (Å²) in [5.41, 5.74) is 3.09. The number of aromatic nitrogens is 1.